The molecule has 1 heterocycles. The van der Waals surface area contributed by atoms with Crippen LogP contribution in [0.3, 0.4) is 0 Å². The molecule has 3 atom stereocenters. The fourth-order valence-electron chi connectivity index (χ4n) is 2.96. The number of nitrogens with zero attached hydrogens (tertiary/aromatic N) is 1. The summed E-state index contributed by atoms with van der Waals surface area (Å²) in [6, 6.07) is 1.76. The van der Waals surface area contributed by atoms with Crippen molar-refractivity contribution in [2.24, 2.45) is 11.8 Å². The van der Waals surface area contributed by atoms with Crippen LogP contribution in [0.25, 0.3) is 0 Å². The number of nitrogens with one attached hydrogen (secondary N) is 1. The fraction of sp³-hybridized carbons (Fsp3) is 0.615. The van der Waals surface area contributed by atoms with Gasteiger partial charge < -0.3 is 0 Å². The molecule has 0 aliphatic heterocycles. The molecule has 0 bridgehead atoms. The molecule has 2 rings (SSSR count). The van der Waals surface area contributed by atoms with Crippen LogP contribution in [-0.4, -0.2) is 24.9 Å². The number of hydrazine groups is 1. The minimum atomic E-state index is -3.01. The zero-order chi connectivity index (χ0) is 15.6. The van der Waals surface area contributed by atoms with E-state index in [9.17, 15) is 8.42 Å². The lowest BCUT2D eigenvalue weighted by Gasteiger charge is -2.33. The molecule has 3 N–H and O–H groups in total. The lowest BCUT2D eigenvalue weighted by atomic mass is 9.82. The Morgan fingerprint density at radius 3 is 2.71 bits per heavy atom. The minimum absolute atomic E-state index is 0.156. The maximum Gasteiger partial charge on any atom is 0.150 e. The van der Waals surface area contributed by atoms with Crippen LogP contribution in [0.5, 0.6) is 0 Å². The van der Waals surface area contributed by atoms with Crippen LogP contribution < -0.4 is 11.3 Å². The molecular formula is C13H19Br2N3O2S. The van der Waals surface area contributed by atoms with Gasteiger partial charge in [-0.25, -0.2) is 8.42 Å². The van der Waals surface area contributed by atoms with Crippen molar-refractivity contribution >= 4 is 41.7 Å². The Morgan fingerprint density at radius 2 is 2.14 bits per heavy atom. The van der Waals surface area contributed by atoms with Crippen LogP contribution >= 0.6 is 31.9 Å². The third-order valence-corrected chi connectivity index (χ3v) is 6.76. The Labute approximate surface area is 142 Å². The molecule has 0 radical (unpaired) electrons. The molecule has 1 aliphatic rings. The van der Waals surface area contributed by atoms with E-state index >= 15 is 0 Å². The molecule has 1 aromatic rings. The third kappa shape index (κ3) is 4.25. The van der Waals surface area contributed by atoms with Crippen molar-refractivity contribution in [3.8, 4) is 0 Å². The summed E-state index contributed by atoms with van der Waals surface area (Å²) in [6.45, 7) is 0. The Kier molecular flexibility index (Phi) is 5.81. The first kappa shape index (κ1) is 17.3. The van der Waals surface area contributed by atoms with Crippen LogP contribution in [0.4, 0.5) is 0 Å². The van der Waals surface area contributed by atoms with Crippen LogP contribution in [0.15, 0.2) is 21.2 Å². The van der Waals surface area contributed by atoms with Crippen molar-refractivity contribution in [2.45, 2.75) is 37.0 Å². The minimum Gasteiger partial charge on any atom is -0.271 e. The number of sulfone groups is 1. The standard InChI is InChI=1S/C13H19Br2N3O2S/c1-21(19,20)10-4-2-3-8(5-10)12(18-16)13-11(15)6-9(14)7-17-13/h6-8,10,12,18H,2-5,16H2,1H3. The van der Waals surface area contributed by atoms with Gasteiger partial charge in [-0.15, -0.1) is 0 Å². The molecule has 1 fully saturated rings. The number of pyridine rings is 1. The van der Waals surface area contributed by atoms with E-state index in [1.165, 1.54) is 6.26 Å². The van der Waals surface area contributed by atoms with Crippen molar-refractivity contribution < 1.29 is 8.42 Å². The predicted octanol–water partition coefficient (Wildman–Crippen LogP) is 2.71. The van der Waals surface area contributed by atoms with E-state index in [0.717, 1.165) is 33.9 Å². The molecule has 0 amide bonds. The molecule has 1 aliphatic carbocycles. The first-order chi connectivity index (χ1) is 9.82. The normalized spacial score (nSPS) is 24.8. The zero-order valence-corrected chi connectivity index (χ0v) is 15.7. The van der Waals surface area contributed by atoms with Gasteiger partial charge in [-0.1, -0.05) is 6.42 Å². The average Bonchev–Trinajstić information content (AvgIpc) is 2.41. The SMILES string of the molecule is CS(=O)(=O)C1CCCC(C(NN)c2ncc(Br)cc2Br)C1. The van der Waals surface area contributed by atoms with Crippen molar-refractivity contribution in [3.63, 3.8) is 0 Å². The Balaban J connectivity index is 2.24. The van der Waals surface area contributed by atoms with Gasteiger partial charge in [0.15, 0.2) is 0 Å². The maximum absolute atomic E-state index is 11.8. The molecule has 0 aromatic carbocycles. The van der Waals surface area contributed by atoms with Crippen LogP contribution in [-0.2, 0) is 9.84 Å². The van der Waals surface area contributed by atoms with E-state index in [0.29, 0.717) is 6.42 Å². The molecular weight excluding hydrogens is 422 g/mol. The van der Waals surface area contributed by atoms with E-state index in [2.05, 4.69) is 42.3 Å². The highest BCUT2D eigenvalue weighted by Gasteiger charge is 2.34. The van der Waals surface area contributed by atoms with E-state index in [4.69, 9.17) is 5.84 Å². The number of hydrogen-bond acceptors (Lipinski definition) is 5. The average molecular weight is 441 g/mol. The molecule has 0 spiro atoms. The van der Waals surface area contributed by atoms with Crippen molar-refractivity contribution in [1.82, 2.24) is 10.4 Å². The monoisotopic (exact) mass is 439 g/mol. The lowest BCUT2D eigenvalue weighted by Crippen LogP contribution is -2.39. The highest BCUT2D eigenvalue weighted by atomic mass is 79.9. The van der Waals surface area contributed by atoms with Gasteiger partial charge in [0.25, 0.3) is 0 Å². The number of rotatable bonds is 4. The zero-order valence-electron chi connectivity index (χ0n) is 11.7. The molecule has 1 saturated carbocycles. The molecule has 1 aromatic heterocycles. The van der Waals surface area contributed by atoms with Gasteiger partial charge in [-0.2, -0.15) is 0 Å². The van der Waals surface area contributed by atoms with E-state index < -0.39 is 9.84 Å². The molecule has 8 heteroatoms. The summed E-state index contributed by atoms with van der Waals surface area (Å²) in [5.41, 5.74) is 3.64. The van der Waals surface area contributed by atoms with Gasteiger partial charge in [0.2, 0.25) is 0 Å². The second-order valence-corrected chi connectivity index (χ2v) is 9.64. The van der Waals surface area contributed by atoms with E-state index in [-0.39, 0.29) is 17.2 Å². The van der Waals surface area contributed by atoms with Crippen LogP contribution in [0.1, 0.15) is 37.4 Å². The summed E-state index contributed by atoms with van der Waals surface area (Å²) in [5.74, 6) is 5.89. The van der Waals surface area contributed by atoms with Gasteiger partial charge in [0.05, 0.1) is 17.0 Å². The highest BCUT2D eigenvalue weighted by Crippen LogP contribution is 2.38. The molecule has 3 unspecified atom stereocenters. The van der Waals surface area contributed by atoms with Gasteiger partial charge in [-0.3, -0.25) is 16.3 Å². The highest BCUT2D eigenvalue weighted by molar-refractivity contribution is 9.11. The molecule has 5 nitrogen and oxygen atoms in total. The number of nitrogens with two attached hydrogens (primary N) is 1. The lowest BCUT2D eigenvalue weighted by molar-refractivity contribution is 0.270. The summed E-state index contributed by atoms with van der Waals surface area (Å²) in [6.07, 6.45) is 6.25. The van der Waals surface area contributed by atoms with E-state index in [1.54, 1.807) is 6.20 Å². The molecule has 21 heavy (non-hydrogen) atoms. The van der Waals surface area contributed by atoms with Crippen molar-refractivity contribution in [2.75, 3.05) is 6.26 Å². The fourth-order valence-corrected chi connectivity index (χ4v) is 5.39. The molecule has 118 valence electrons. The smallest absolute Gasteiger partial charge is 0.150 e. The number of halogens is 2. The van der Waals surface area contributed by atoms with Gasteiger partial charge >= 0.3 is 0 Å². The summed E-state index contributed by atoms with van der Waals surface area (Å²) >= 11 is 6.88. The number of aromatic nitrogens is 1. The first-order valence-electron chi connectivity index (χ1n) is 6.79. The van der Waals surface area contributed by atoms with Crippen LogP contribution in [0.2, 0.25) is 0 Å². The molecule has 0 saturated heterocycles. The largest absolute Gasteiger partial charge is 0.271 e. The predicted molar refractivity (Wildman–Crippen MR) is 90.3 cm³/mol. The maximum atomic E-state index is 11.8. The Morgan fingerprint density at radius 1 is 1.43 bits per heavy atom. The second kappa shape index (κ2) is 7.04. The van der Waals surface area contributed by atoms with Crippen molar-refractivity contribution in [3.05, 3.63) is 26.9 Å². The Bertz CT molecular complexity index is 609. The van der Waals surface area contributed by atoms with E-state index in [1.807, 2.05) is 6.07 Å². The van der Waals surface area contributed by atoms with Gasteiger partial charge in [0.1, 0.15) is 9.84 Å². The third-order valence-electron chi connectivity index (χ3n) is 4.05. The number of hydrogen-bond donors (Lipinski definition) is 2. The quantitative estimate of drug-likeness (QED) is 0.555. The first-order valence-corrected chi connectivity index (χ1v) is 10.3. The summed E-state index contributed by atoms with van der Waals surface area (Å²) in [4.78, 5) is 4.43. The summed E-state index contributed by atoms with van der Waals surface area (Å²) < 4.78 is 25.4. The topological polar surface area (TPSA) is 85.1 Å². The summed E-state index contributed by atoms with van der Waals surface area (Å²) in [5, 5.41) is -0.277. The summed E-state index contributed by atoms with van der Waals surface area (Å²) in [7, 11) is -3.01. The van der Waals surface area contributed by atoms with Crippen molar-refractivity contribution in [1.29, 1.82) is 0 Å². The van der Waals surface area contributed by atoms with Gasteiger partial charge in [0, 0.05) is 21.4 Å². The Hall–Kier alpha value is -0.0200. The second-order valence-electron chi connectivity index (χ2n) is 5.54. The van der Waals surface area contributed by atoms with Crippen LogP contribution in [0, 0.1) is 5.92 Å². The van der Waals surface area contributed by atoms with Gasteiger partial charge in [-0.05, 0) is 63.1 Å².